The summed E-state index contributed by atoms with van der Waals surface area (Å²) in [4.78, 5) is 29.1. The number of hydrogen-bond donors (Lipinski definition) is 0. The van der Waals surface area contributed by atoms with Gasteiger partial charge in [-0.2, -0.15) is 0 Å². The van der Waals surface area contributed by atoms with Gasteiger partial charge in [-0.05, 0) is 30.5 Å². The second-order valence-corrected chi connectivity index (χ2v) is 6.62. The average Bonchev–Trinajstić information content (AvgIpc) is 2.91. The van der Waals surface area contributed by atoms with Crippen LogP contribution in [0.15, 0.2) is 55.1 Å². The third-order valence-electron chi connectivity index (χ3n) is 5.16. The summed E-state index contributed by atoms with van der Waals surface area (Å²) in [5, 5.41) is 0. The highest BCUT2D eigenvalue weighted by Gasteiger charge is 2.38. The van der Waals surface area contributed by atoms with Crippen LogP contribution >= 0.6 is 0 Å². The minimum atomic E-state index is -0.558. The van der Waals surface area contributed by atoms with E-state index >= 15 is 0 Å². The van der Waals surface area contributed by atoms with E-state index in [1.807, 2.05) is 35.2 Å². The lowest BCUT2D eigenvalue weighted by atomic mass is 9.99. The molecule has 2 aliphatic heterocycles. The molecule has 126 valence electrons. The zero-order chi connectivity index (χ0) is 17.6. The monoisotopic (exact) mass is 332 g/mol. The Morgan fingerprint density at radius 3 is 2.40 bits per heavy atom. The van der Waals surface area contributed by atoms with Crippen LogP contribution in [-0.2, 0) is 17.8 Å². The molecule has 0 spiro atoms. The number of amides is 2. The molecule has 0 N–H and O–H groups in total. The summed E-state index contributed by atoms with van der Waals surface area (Å²) < 4.78 is 0. The lowest BCUT2D eigenvalue weighted by Gasteiger charge is -2.34. The number of carbonyl (C=O) groups excluding carboxylic acids is 2. The van der Waals surface area contributed by atoms with Crippen LogP contribution in [0.5, 0.6) is 0 Å². The maximum absolute atomic E-state index is 13.0. The highest BCUT2D eigenvalue weighted by atomic mass is 16.2. The van der Waals surface area contributed by atoms with E-state index in [1.54, 1.807) is 13.0 Å². The zero-order valence-corrected chi connectivity index (χ0v) is 14.2. The van der Waals surface area contributed by atoms with Crippen molar-refractivity contribution >= 4 is 17.5 Å². The van der Waals surface area contributed by atoms with E-state index in [0.717, 1.165) is 12.0 Å². The largest absolute Gasteiger partial charge is 0.336 e. The standard InChI is InChI=1S/C21H20N2O2/c1-14-18-9-5-6-10-19(18)21(25)23(14)15(2)20(24)22-12-11-16-7-3-4-8-17(16)13-22/h3-10,15H,1,11-13H2,2H3. The second kappa shape index (κ2) is 5.88. The normalized spacial score (nSPS) is 17.3. The van der Waals surface area contributed by atoms with Gasteiger partial charge in [-0.25, -0.2) is 0 Å². The summed E-state index contributed by atoms with van der Waals surface area (Å²) in [6, 6.07) is 15.0. The molecule has 0 radical (unpaired) electrons. The molecule has 0 bridgehead atoms. The fourth-order valence-electron chi connectivity index (χ4n) is 3.77. The van der Waals surface area contributed by atoms with Crippen molar-refractivity contribution in [2.24, 2.45) is 0 Å². The summed E-state index contributed by atoms with van der Waals surface area (Å²) in [6.07, 6.45) is 0.851. The maximum Gasteiger partial charge on any atom is 0.259 e. The van der Waals surface area contributed by atoms with Gasteiger partial charge in [0.15, 0.2) is 0 Å². The fraction of sp³-hybridized carbons (Fsp3) is 0.238. The third kappa shape index (κ3) is 2.45. The molecule has 2 aromatic carbocycles. The Balaban J connectivity index is 1.56. The highest BCUT2D eigenvalue weighted by molar-refractivity contribution is 6.10. The lowest BCUT2D eigenvalue weighted by molar-refractivity contribution is -0.135. The van der Waals surface area contributed by atoms with E-state index in [1.165, 1.54) is 16.0 Å². The van der Waals surface area contributed by atoms with Gasteiger partial charge in [0.25, 0.3) is 5.91 Å². The van der Waals surface area contributed by atoms with Gasteiger partial charge in [-0.1, -0.05) is 49.0 Å². The Labute approximate surface area is 147 Å². The minimum absolute atomic E-state index is 0.0307. The van der Waals surface area contributed by atoms with Crippen molar-refractivity contribution in [3.05, 3.63) is 77.4 Å². The van der Waals surface area contributed by atoms with Crippen LogP contribution < -0.4 is 0 Å². The van der Waals surface area contributed by atoms with Crippen molar-refractivity contribution in [1.82, 2.24) is 9.80 Å². The predicted octanol–water partition coefficient (Wildman–Crippen LogP) is 3.09. The number of nitrogens with zero attached hydrogens (tertiary/aromatic N) is 2. The first kappa shape index (κ1) is 15.6. The summed E-state index contributed by atoms with van der Waals surface area (Å²) in [5.74, 6) is -0.171. The molecule has 2 aromatic rings. The summed E-state index contributed by atoms with van der Waals surface area (Å²) in [7, 11) is 0. The van der Waals surface area contributed by atoms with E-state index in [4.69, 9.17) is 0 Å². The Morgan fingerprint density at radius 2 is 1.68 bits per heavy atom. The number of benzene rings is 2. The molecule has 2 aliphatic rings. The Kier molecular flexibility index (Phi) is 3.68. The molecule has 1 unspecified atom stereocenters. The molecule has 25 heavy (non-hydrogen) atoms. The molecule has 4 rings (SSSR count). The van der Waals surface area contributed by atoms with Gasteiger partial charge < -0.3 is 4.90 Å². The van der Waals surface area contributed by atoms with Crippen molar-refractivity contribution in [2.75, 3.05) is 6.54 Å². The van der Waals surface area contributed by atoms with Crippen molar-refractivity contribution in [2.45, 2.75) is 25.9 Å². The average molecular weight is 332 g/mol. The molecule has 0 saturated heterocycles. The molecule has 2 heterocycles. The number of fused-ring (bicyclic) bond motifs is 2. The fourth-order valence-corrected chi connectivity index (χ4v) is 3.77. The van der Waals surface area contributed by atoms with Gasteiger partial charge in [0.1, 0.15) is 6.04 Å². The zero-order valence-electron chi connectivity index (χ0n) is 14.2. The molecule has 1 atom stereocenters. The minimum Gasteiger partial charge on any atom is -0.336 e. The molecular formula is C21H20N2O2. The van der Waals surface area contributed by atoms with E-state index in [0.29, 0.717) is 24.4 Å². The van der Waals surface area contributed by atoms with Crippen LogP contribution in [0.4, 0.5) is 0 Å². The number of carbonyl (C=O) groups is 2. The van der Waals surface area contributed by atoms with E-state index in [2.05, 4.69) is 18.7 Å². The molecule has 0 aromatic heterocycles. The van der Waals surface area contributed by atoms with Gasteiger partial charge in [0.05, 0.1) is 0 Å². The van der Waals surface area contributed by atoms with Crippen LogP contribution in [0, 0.1) is 0 Å². The molecule has 2 amide bonds. The van der Waals surface area contributed by atoms with Crippen molar-refractivity contribution < 1.29 is 9.59 Å². The molecule has 4 nitrogen and oxygen atoms in total. The smallest absolute Gasteiger partial charge is 0.259 e. The molecular weight excluding hydrogens is 312 g/mol. The maximum atomic E-state index is 13.0. The van der Waals surface area contributed by atoms with Crippen LogP contribution in [0.1, 0.15) is 34.0 Å². The molecule has 0 aliphatic carbocycles. The van der Waals surface area contributed by atoms with E-state index in [9.17, 15) is 9.59 Å². The first-order chi connectivity index (χ1) is 12.1. The van der Waals surface area contributed by atoms with E-state index < -0.39 is 6.04 Å². The third-order valence-corrected chi connectivity index (χ3v) is 5.16. The lowest BCUT2D eigenvalue weighted by Crippen LogP contribution is -2.48. The van der Waals surface area contributed by atoms with Crippen molar-refractivity contribution in [1.29, 1.82) is 0 Å². The van der Waals surface area contributed by atoms with Gasteiger partial charge in [-0.3, -0.25) is 14.5 Å². The molecule has 0 fully saturated rings. The van der Waals surface area contributed by atoms with Gasteiger partial charge in [0.2, 0.25) is 5.91 Å². The summed E-state index contributed by atoms with van der Waals surface area (Å²) in [5.41, 5.74) is 4.53. The Hall–Kier alpha value is -2.88. The summed E-state index contributed by atoms with van der Waals surface area (Å²) >= 11 is 0. The Morgan fingerprint density at radius 1 is 1.04 bits per heavy atom. The van der Waals surface area contributed by atoms with Gasteiger partial charge in [-0.15, -0.1) is 0 Å². The molecule has 4 heteroatoms. The van der Waals surface area contributed by atoms with Crippen molar-refractivity contribution in [3.8, 4) is 0 Å². The van der Waals surface area contributed by atoms with Crippen LogP contribution in [0.25, 0.3) is 5.70 Å². The van der Waals surface area contributed by atoms with Crippen LogP contribution in [0.2, 0.25) is 0 Å². The topological polar surface area (TPSA) is 40.6 Å². The SMILES string of the molecule is C=C1c2ccccc2C(=O)N1C(C)C(=O)N1CCc2ccccc2C1. The van der Waals surface area contributed by atoms with Gasteiger partial charge >= 0.3 is 0 Å². The first-order valence-corrected chi connectivity index (χ1v) is 8.55. The summed E-state index contributed by atoms with van der Waals surface area (Å²) in [6.45, 7) is 7.12. The first-order valence-electron chi connectivity index (χ1n) is 8.55. The van der Waals surface area contributed by atoms with Crippen LogP contribution in [0.3, 0.4) is 0 Å². The van der Waals surface area contributed by atoms with Crippen LogP contribution in [-0.4, -0.2) is 34.2 Å². The second-order valence-electron chi connectivity index (χ2n) is 6.62. The molecule has 0 saturated carbocycles. The Bertz CT molecular complexity index is 852. The number of hydrogen-bond acceptors (Lipinski definition) is 2. The van der Waals surface area contributed by atoms with E-state index in [-0.39, 0.29) is 11.8 Å². The highest BCUT2D eigenvalue weighted by Crippen LogP contribution is 2.33. The predicted molar refractivity (Wildman–Crippen MR) is 96.7 cm³/mol. The quantitative estimate of drug-likeness (QED) is 0.848. The van der Waals surface area contributed by atoms with Crippen molar-refractivity contribution in [3.63, 3.8) is 0 Å². The number of rotatable bonds is 2. The van der Waals surface area contributed by atoms with Gasteiger partial charge in [0, 0.05) is 29.9 Å².